The van der Waals surface area contributed by atoms with Crippen LogP contribution in [0, 0.1) is 28.6 Å². The van der Waals surface area contributed by atoms with Gasteiger partial charge in [-0.05, 0) is 61.3 Å². The Bertz CT molecular complexity index is 577. The van der Waals surface area contributed by atoms with E-state index in [4.69, 9.17) is 0 Å². The van der Waals surface area contributed by atoms with Gasteiger partial charge in [0, 0.05) is 18.3 Å². The number of carbonyl (C=O) groups excluding carboxylic acids is 2. The Labute approximate surface area is 132 Å². The Hall–Kier alpha value is -0.960. The number of aliphatic hydroxyl groups is 1. The molecule has 22 heavy (non-hydrogen) atoms. The molecule has 4 aliphatic carbocycles. The van der Waals surface area contributed by atoms with Gasteiger partial charge in [0.1, 0.15) is 5.78 Å². The third kappa shape index (κ3) is 1.72. The first kappa shape index (κ1) is 14.6. The highest BCUT2D eigenvalue weighted by atomic mass is 16.3. The van der Waals surface area contributed by atoms with E-state index < -0.39 is 0 Å². The number of rotatable bonds is 0. The van der Waals surface area contributed by atoms with E-state index in [1.165, 1.54) is 5.57 Å². The molecule has 3 unspecified atom stereocenters. The molecule has 0 radical (unpaired) electrons. The molecule has 0 spiro atoms. The fourth-order valence-electron chi connectivity index (χ4n) is 6.30. The second-order valence-corrected chi connectivity index (χ2v) is 8.53. The maximum atomic E-state index is 12.4. The molecular weight excluding hydrogens is 276 g/mol. The van der Waals surface area contributed by atoms with Crippen molar-refractivity contribution in [3.05, 3.63) is 11.6 Å². The zero-order chi connectivity index (χ0) is 15.7. The van der Waals surface area contributed by atoms with Gasteiger partial charge in [-0.15, -0.1) is 0 Å². The fourth-order valence-corrected chi connectivity index (χ4v) is 6.30. The highest BCUT2D eigenvalue weighted by Gasteiger charge is 2.61. The zero-order valence-corrected chi connectivity index (χ0v) is 13.6. The van der Waals surface area contributed by atoms with Crippen LogP contribution in [-0.2, 0) is 9.59 Å². The van der Waals surface area contributed by atoms with E-state index in [0.29, 0.717) is 36.9 Å². The summed E-state index contributed by atoms with van der Waals surface area (Å²) in [6.45, 7) is 4.43. The van der Waals surface area contributed by atoms with E-state index >= 15 is 0 Å². The number of fused-ring (bicyclic) bond motifs is 5. The zero-order valence-electron chi connectivity index (χ0n) is 13.6. The molecule has 3 heteroatoms. The average molecular weight is 302 g/mol. The Balaban J connectivity index is 1.75. The second kappa shape index (κ2) is 4.53. The van der Waals surface area contributed by atoms with Gasteiger partial charge in [0.2, 0.25) is 0 Å². The third-order valence-corrected chi connectivity index (χ3v) is 7.69. The van der Waals surface area contributed by atoms with Gasteiger partial charge < -0.3 is 5.11 Å². The minimum absolute atomic E-state index is 0.0603. The molecule has 120 valence electrons. The predicted molar refractivity (Wildman–Crippen MR) is 83.1 cm³/mol. The van der Waals surface area contributed by atoms with Crippen LogP contribution in [0.25, 0.3) is 0 Å². The lowest BCUT2D eigenvalue weighted by atomic mass is 9.47. The quantitative estimate of drug-likeness (QED) is 0.748. The molecule has 0 heterocycles. The van der Waals surface area contributed by atoms with E-state index in [9.17, 15) is 14.7 Å². The van der Waals surface area contributed by atoms with E-state index in [1.807, 2.05) is 6.08 Å². The van der Waals surface area contributed by atoms with Gasteiger partial charge in [-0.2, -0.15) is 0 Å². The molecule has 0 aromatic carbocycles. The maximum Gasteiger partial charge on any atom is 0.155 e. The average Bonchev–Trinajstić information content (AvgIpc) is 2.77. The molecule has 0 aromatic heterocycles. The lowest BCUT2D eigenvalue weighted by Crippen LogP contribution is -2.55. The molecule has 0 amide bonds. The number of ketones is 2. The molecule has 0 saturated heterocycles. The second-order valence-electron chi connectivity index (χ2n) is 8.53. The summed E-state index contributed by atoms with van der Waals surface area (Å²) in [5.74, 6) is 1.63. The first-order valence-electron chi connectivity index (χ1n) is 8.81. The van der Waals surface area contributed by atoms with Crippen molar-refractivity contribution >= 4 is 11.6 Å². The van der Waals surface area contributed by atoms with Crippen LogP contribution in [-0.4, -0.2) is 22.8 Å². The largest absolute Gasteiger partial charge is 0.392 e. The molecule has 1 N–H and O–H groups in total. The van der Waals surface area contributed by atoms with Crippen molar-refractivity contribution in [2.75, 3.05) is 0 Å². The summed E-state index contributed by atoms with van der Waals surface area (Å²) < 4.78 is 0. The van der Waals surface area contributed by atoms with Crippen LogP contribution < -0.4 is 0 Å². The summed E-state index contributed by atoms with van der Waals surface area (Å²) in [6.07, 6.45) is 7.23. The van der Waals surface area contributed by atoms with E-state index in [0.717, 1.165) is 25.7 Å². The molecule has 0 aromatic rings. The van der Waals surface area contributed by atoms with Gasteiger partial charge in [0.25, 0.3) is 0 Å². The number of carbonyl (C=O) groups is 2. The Morgan fingerprint density at radius 2 is 1.77 bits per heavy atom. The normalized spacial score (nSPS) is 51.0. The minimum Gasteiger partial charge on any atom is -0.392 e. The van der Waals surface area contributed by atoms with Crippen LogP contribution in [0.3, 0.4) is 0 Å². The Morgan fingerprint density at radius 3 is 2.55 bits per heavy atom. The topological polar surface area (TPSA) is 54.4 Å². The molecule has 4 rings (SSSR count). The first-order chi connectivity index (χ1) is 10.4. The molecule has 0 aliphatic heterocycles. The summed E-state index contributed by atoms with van der Waals surface area (Å²) >= 11 is 0. The summed E-state index contributed by atoms with van der Waals surface area (Å²) in [5, 5.41) is 10.8. The predicted octanol–water partition coefficient (Wildman–Crippen LogP) is 3.06. The van der Waals surface area contributed by atoms with Gasteiger partial charge in [-0.3, -0.25) is 9.59 Å². The van der Waals surface area contributed by atoms with Crippen molar-refractivity contribution in [1.29, 1.82) is 0 Å². The highest BCUT2D eigenvalue weighted by molar-refractivity contribution is 5.91. The standard InChI is InChI=1S/C19H26O3/c1-18-7-5-12(20)9-11(18)10-15(21)17-13-3-4-16(22)19(13,2)8-6-14(17)18/h9,13-15,17,21H,3-8,10H2,1-2H3/t13?,14?,15-,17-,18-,19?/m0/s1. The summed E-state index contributed by atoms with van der Waals surface area (Å²) in [4.78, 5) is 24.2. The summed E-state index contributed by atoms with van der Waals surface area (Å²) in [7, 11) is 0. The molecular formula is C19H26O3. The Morgan fingerprint density at radius 1 is 1.05 bits per heavy atom. The number of hydrogen-bond donors (Lipinski definition) is 1. The SMILES string of the molecule is CC12CCC3[C@H](C1CCC2=O)[C@@H](O)CC1=CC(=O)CC[C@@]13C. The van der Waals surface area contributed by atoms with Crippen molar-refractivity contribution in [1.82, 2.24) is 0 Å². The third-order valence-electron chi connectivity index (χ3n) is 7.69. The van der Waals surface area contributed by atoms with Crippen LogP contribution in [0.2, 0.25) is 0 Å². The molecule has 0 bridgehead atoms. The van der Waals surface area contributed by atoms with Gasteiger partial charge in [-0.25, -0.2) is 0 Å². The van der Waals surface area contributed by atoms with Crippen LogP contribution >= 0.6 is 0 Å². The summed E-state index contributed by atoms with van der Waals surface area (Å²) in [5.41, 5.74) is 1.03. The smallest absolute Gasteiger partial charge is 0.155 e. The minimum atomic E-state index is -0.384. The number of hydrogen-bond acceptors (Lipinski definition) is 3. The van der Waals surface area contributed by atoms with Crippen LogP contribution in [0.4, 0.5) is 0 Å². The van der Waals surface area contributed by atoms with Crippen molar-refractivity contribution in [2.45, 2.75) is 64.9 Å². The van der Waals surface area contributed by atoms with Crippen molar-refractivity contribution in [3.63, 3.8) is 0 Å². The van der Waals surface area contributed by atoms with Crippen molar-refractivity contribution in [2.24, 2.45) is 28.6 Å². The molecule has 4 aliphatic rings. The first-order valence-corrected chi connectivity index (χ1v) is 8.81. The van der Waals surface area contributed by atoms with Crippen LogP contribution in [0.1, 0.15) is 58.8 Å². The maximum absolute atomic E-state index is 12.4. The van der Waals surface area contributed by atoms with Crippen LogP contribution in [0.15, 0.2) is 11.6 Å². The molecule has 3 saturated carbocycles. The van der Waals surface area contributed by atoms with E-state index in [2.05, 4.69) is 13.8 Å². The number of Topliss-reactive ketones (excluding diaryl/α,β-unsaturated/α-hetero) is 1. The lowest BCUT2D eigenvalue weighted by Gasteiger charge is -2.58. The fraction of sp³-hybridized carbons (Fsp3) is 0.789. The van der Waals surface area contributed by atoms with Gasteiger partial charge in [0.15, 0.2) is 5.78 Å². The van der Waals surface area contributed by atoms with E-state index in [1.54, 1.807) is 0 Å². The van der Waals surface area contributed by atoms with Crippen molar-refractivity contribution in [3.8, 4) is 0 Å². The van der Waals surface area contributed by atoms with Crippen LogP contribution in [0.5, 0.6) is 0 Å². The van der Waals surface area contributed by atoms with Crippen molar-refractivity contribution < 1.29 is 14.7 Å². The van der Waals surface area contributed by atoms with Gasteiger partial charge in [-0.1, -0.05) is 19.4 Å². The van der Waals surface area contributed by atoms with Gasteiger partial charge >= 0.3 is 0 Å². The number of aliphatic hydroxyl groups excluding tert-OH is 1. The summed E-state index contributed by atoms with van der Waals surface area (Å²) in [6, 6.07) is 0. The lowest BCUT2D eigenvalue weighted by molar-refractivity contribution is -0.139. The molecule has 6 atom stereocenters. The Kier molecular flexibility index (Phi) is 3.01. The highest BCUT2D eigenvalue weighted by Crippen LogP contribution is 2.64. The van der Waals surface area contributed by atoms with E-state index in [-0.39, 0.29) is 28.6 Å². The molecule has 3 nitrogen and oxygen atoms in total. The van der Waals surface area contributed by atoms with Gasteiger partial charge in [0.05, 0.1) is 6.10 Å². The monoisotopic (exact) mass is 302 g/mol. The molecule has 3 fully saturated rings.